The maximum absolute atomic E-state index is 4.77. The topological polar surface area (TPSA) is 14.1 Å². The van der Waals surface area contributed by atoms with Crippen LogP contribution in [0.2, 0.25) is 19.1 Å². The van der Waals surface area contributed by atoms with Crippen molar-refractivity contribution in [1.29, 1.82) is 0 Å². The zero-order valence-electron chi connectivity index (χ0n) is 9.59. The van der Waals surface area contributed by atoms with Gasteiger partial charge >= 0.3 is 0 Å². The average Bonchev–Trinajstić information content (AvgIpc) is 2.34. The van der Waals surface area contributed by atoms with Crippen molar-refractivity contribution in [3.05, 3.63) is 29.2 Å². The third-order valence-corrected chi connectivity index (χ3v) is 3.56. The van der Waals surface area contributed by atoms with Crippen molar-refractivity contribution in [2.24, 2.45) is 0 Å². The summed E-state index contributed by atoms with van der Waals surface area (Å²) in [4.78, 5) is 0. The van der Waals surface area contributed by atoms with E-state index in [2.05, 4.69) is 45.2 Å². The summed E-state index contributed by atoms with van der Waals surface area (Å²) in [6.45, 7) is 9.18. The largest absolute Gasteiger partial charge is 0.683 e. The van der Waals surface area contributed by atoms with Gasteiger partial charge < -0.3 is 5.32 Å². The van der Waals surface area contributed by atoms with E-state index < -0.39 is 0 Å². The van der Waals surface area contributed by atoms with Gasteiger partial charge in [-0.05, 0) is 6.42 Å². The fraction of sp³-hybridized carbons (Fsp3) is 0.636. The molecule has 1 rings (SSSR count). The Morgan fingerprint density at radius 2 is 2.07 bits per heavy atom. The van der Waals surface area contributed by atoms with Gasteiger partial charge in [0.05, 0.1) is 0 Å². The van der Waals surface area contributed by atoms with E-state index in [-0.39, 0.29) is 40.5 Å². The molecule has 1 radical (unpaired) electrons. The fourth-order valence-electron chi connectivity index (χ4n) is 1.81. The molecule has 77 valence electrons. The molecule has 3 heteroatoms. The number of hydrogen-bond acceptors (Lipinski definition) is 0. The zero-order chi connectivity index (χ0) is 9.90. The normalized spacial score (nSPS) is 15.4. The van der Waals surface area contributed by atoms with Crippen LogP contribution in [0.4, 0.5) is 0 Å². The molecule has 0 N–H and O–H groups in total. The first-order valence-corrected chi connectivity index (χ1v) is 7.58. The van der Waals surface area contributed by atoms with Gasteiger partial charge in [-0.3, -0.25) is 0 Å². The molecule has 0 aromatic rings. The summed E-state index contributed by atoms with van der Waals surface area (Å²) in [6, 6.07) is 1.26. The van der Waals surface area contributed by atoms with Gasteiger partial charge in [-0.2, -0.15) is 5.70 Å². The van der Waals surface area contributed by atoms with Crippen LogP contribution in [0.3, 0.4) is 0 Å². The molecule has 14 heavy (non-hydrogen) atoms. The van der Waals surface area contributed by atoms with Crippen molar-refractivity contribution in [2.75, 3.05) is 0 Å². The Hall–Kier alpha value is 0.380. The van der Waals surface area contributed by atoms with E-state index in [4.69, 9.17) is 5.32 Å². The second kappa shape index (κ2) is 6.07. The van der Waals surface area contributed by atoms with E-state index >= 15 is 0 Å². The molecule has 0 fully saturated rings. The van der Waals surface area contributed by atoms with Crippen molar-refractivity contribution in [2.45, 2.75) is 44.9 Å². The molecular weight excluding hydrogens is 265 g/mol. The molecule has 0 saturated heterocycles. The molecule has 1 aliphatic carbocycles. The van der Waals surface area contributed by atoms with Gasteiger partial charge in [0.1, 0.15) is 0 Å². The van der Waals surface area contributed by atoms with Gasteiger partial charge in [-0.25, -0.2) is 0 Å². The predicted octanol–water partition coefficient (Wildman–Crippen LogP) is 3.73. The van der Waals surface area contributed by atoms with Crippen molar-refractivity contribution in [1.82, 2.24) is 0 Å². The van der Waals surface area contributed by atoms with E-state index in [1.54, 1.807) is 0 Å². The van der Waals surface area contributed by atoms with Crippen molar-refractivity contribution in [3.8, 4) is 0 Å². The molecule has 0 aliphatic heterocycles. The monoisotopic (exact) mass is 283 g/mol. The van der Waals surface area contributed by atoms with E-state index in [0.29, 0.717) is 0 Å². The summed E-state index contributed by atoms with van der Waals surface area (Å²) in [5.74, 6) is 0. The summed E-state index contributed by atoms with van der Waals surface area (Å²) in [7, 11) is -0.174. The number of nitrogens with zero attached hydrogens (tertiary/aromatic N) is 1. The third-order valence-electron chi connectivity index (χ3n) is 1.98. The maximum Gasteiger partial charge on any atom is 0.0403 e. The molecule has 0 atom stereocenters. The first-order chi connectivity index (χ1) is 5.99. The fourth-order valence-corrected chi connectivity index (χ4v) is 3.62. The maximum atomic E-state index is 4.77. The summed E-state index contributed by atoms with van der Waals surface area (Å²) in [6.07, 6.45) is 7.41. The van der Waals surface area contributed by atoms with Crippen LogP contribution < -0.4 is 0 Å². The van der Waals surface area contributed by atoms with Crippen LogP contribution in [-0.2, 0) is 26.2 Å². The van der Waals surface area contributed by atoms with Gasteiger partial charge in [0.25, 0.3) is 0 Å². The summed E-state index contributed by atoms with van der Waals surface area (Å²) >= 11 is 0. The minimum absolute atomic E-state index is 0. The first-order valence-electron chi connectivity index (χ1n) is 4.87. The van der Waals surface area contributed by atoms with Crippen LogP contribution >= 0.6 is 0 Å². The van der Waals surface area contributed by atoms with Crippen molar-refractivity contribution in [3.63, 3.8) is 0 Å². The molecule has 1 nitrogen and oxygen atoms in total. The van der Waals surface area contributed by atoms with Crippen molar-refractivity contribution < 1.29 is 26.2 Å². The van der Waals surface area contributed by atoms with E-state index in [1.165, 1.54) is 11.7 Å². The Bertz CT molecular complexity index is 231. The molecular formula is C11H19NSiZr-. The smallest absolute Gasteiger partial charge is 0.0403 e. The van der Waals surface area contributed by atoms with Crippen LogP contribution in [0.25, 0.3) is 5.32 Å². The molecule has 0 saturated carbocycles. The second-order valence-electron chi connectivity index (χ2n) is 4.60. The number of hydrogen-bond donors (Lipinski definition) is 0. The van der Waals surface area contributed by atoms with Gasteiger partial charge in [-0.15, -0.1) is 5.54 Å². The van der Waals surface area contributed by atoms with Crippen LogP contribution in [-0.4, -0.2) is 14.3 Å². The summed E-state index contributed by atoms with van der Waals surface area (Å²) in [5.41, 5.74) is 1.39. The number of allylic oxidation sites excluding steroid dienone is 3. The summed E-state index contributed by atoms with van der Waals surface area (Å²) in [5, 5.41) is 4.77. The second-order valence-corrected chi connectivity index (χ2v) is 7.37. The Morgan fingerprint density at radius 1 is 1.43 bits per heavy atom. The van der Waals surface area contributed by atoms with Crippen LogP contribution in [0.1, 0.15) is 20.3 Å². The zero-order valence-corrected chi connectivity index (χ0v) is 13.1. The predicted molar refractivity (Wildman–Crippen MR) is 61.6 cm³/mol. The Labute approximate surface area is 109 Å². The third kappa shape index (κ3) is 5.31. The van der Waals surface area contributed by atoms with Gasteiger partial charge in [-0.1, -0.05) is 51.2 Å². The van der Waals surface area contributed by atoms with Gasteiger partial charge in [0, 0.05) is 35.0 Å². The van der Waals surface area contributed by atoms with Crippen LogP contribution in [0.5, 0.6) is 0 Å². The van der Waals surface area contributed by atoms with Crippen molar-refractivity contribution >= 4 is 8.80 Å². The molecule has 0 aromatic carbocycles. The molecule has 0 unspecified atom stereocenters. The van der Waals surface area contributed by atoms with E-state index in [1.807, 2.05) is 0 Å². The minimum atomic E-state index is -0.174. The standard InChI is InChI=1S/C11H19NSi.Zr/c1-11(2,9-13(3)4)12-10-7-5-6-8-10;/h5-7H,8-9H2,1-4H3;/q-1;. The molecule has 1 aliphatic rings. The molecule has 0 spiro atoms. The SMILES string of the molecule is C[Si](C)CC(C)(C)[N-]C1=CC=CC1.[Zr]. The minimum Gasteiger partial charge on any atom is -0.683 e. The summed E-state index contributed by atoms with van der Waals surface area (Å²) < 4.78 is 0. The molecule has 0 bridgehead atoms. The molecule has 0 heterocycles. The van der Waals surface area contributed by atoms with Gasteiger partial charge in [0.15, 0.2) is 0 Å². The Balaban J connectivity index is 0.00000169. The average molecular weight is 285 g/mol. The number of rotatable bonds is 4. The van der Waals surface area contributed by atoms with E-state index in [9.17, 15) is 0 Å². The first kappa shape index (κ1) is 14.4. The van der Waals surface area contributed by atoms with Crippen LogP contribution in [0.15, 0.2) is 23.9 Å². The van der Waals surface area contributed by atoms with Gasteiger partial charge in [0.2, 0.25) is 0 Å². The quantitative estimate of drug-likeness (QED) is 0.698. The van der Waals surface area contributed by atoms with E-state index in [0.717, 1.165) is 6.42 Å². The Kier molecular flexibility index (Phi) is 6.24. The molecule has 0 amide bonds. The molecule has 0 aromatic heterocycles. The Morgan fingerprint density at radius 3 is 2.50 bits per heavy atom. The van der Waals surface area contributed by atoms with Crippen LogP contribution in [0, 0.1) is 0 Å².